The van der Waals surface area contributed by atoms with Crippen LogP contribution in [0.3, 0.4) is 0 Å². The molecule has 1 spiro atoms. The van der Waals surface area contributed by atoms with Crippen molar-refractivity contribution in [1.29, 1.82) is 0 Å². The van der Waals surface area contributed by atoms with E-state index >= 15 is 0 Å². The Morgan fingerprint density at radius 2 is 2.07 bits per heavy atom. The lowest BCUT2D eigenvalue weighted by Crippen LogP contribution is -2.56. The molecule has 0 aromatic rings. The molecule has 0 aromatic carbocycles. The van der Waals surface area contributed by atoms with Crippen LogP contribution in [0.2, 0.25) is 0 Å². The monoisotopic (exact) mass is 395 g/mol. The Balaban J connectivity index is 1.98. The maximum Gasteiger partial charge on any atom is 0.246 e. The molecule has 3 amide bonds. The predicted octanol–water partition coefficient (Wildman–Crippen LogP) is 0.184. The van der Waals surface area contributed by atoms with Crippen molar-refractivity contribution in [1.82, 2.24) is 15.5 Å². The highest BCUT2D eigenvalue weighted by Crippen LogP contribution is 2.63. The maximum absolute atomic E-state index is 13.4. The number of hydrogen-bond acceptors (Lipinski definition) is 5. The van der Waals surface area contributed by atoms with Crippen molar-refractivity contribution >= 4 is 17.7 Å². The zero-order valence-electron chi connectivity index (χ0n) is 17.3. The summed E-state index contributed by atoms with van der Waals surface area (Å²) in [6.45, 7) is 6.08. The van der Waals surface area contributed by atoms with Crippen molar-refractivity contribution < 1.29 is 24.2 Å². The fraction of sp³-hybridized carbons (Fsp3) is 0.850. The molecule has 0 radical (unpaired) electrons. The number of fused-ring (bicyclic) bond motifs is 1. The van der Waals surface area contributed by atoms with Crippen LogP contribution in [0, 0.1) is 11.8 Å². The maximum atomic E-state index is 13.4. The van der Waals surface area contributed by atoms with E-state index in [4.69, 9.17) is 4.74 Å². The van der Waals surface area contributed by atoms with Crippen LogP contribution in [0.4, 0.5) is 0 Å². The van der Waals surface area contributed by atoms with Crippen molar-refractivity contribution in [2.75, 3.05) is 20.2 Å². The van der Waals surface area contributed by atoms with Gasteiger partial charge in [-0.25, -0.2) is 0 Å². The van der Waals surface area contributed by atoms with E-state index in [1.165, 1.54) is 4.90 Å². The number of aliphatic hydroxyl groups is 1. The van der Waals surface area contributed by atoms with E-state index in [0.717, 1.165) is 12.8 Å². The number of carbonyl (C=O) groups excluding carboxylic acids is 3. The first-order valence-corrected chi connectivity index (χ1v) is 10.4. The summed E-state index contributed by atoms with van der Waals surface area (Å²) in [5.41, 5.74) is -1.72. The van der Waals surface area contributed by atoms with Gasteiger partial charge in [0.25, 0.3) is 0 Å². The molecule has 3 heterocycles. The third-order valence-corrected chi connectivity index (χ3v) is 6.72. The third-order valence-electron chi connectivity index (χ3n) is 6.72. The second kappa shape index (κ2) is 7.63. The molecule has 0 aromatic heterocycles. The lowest BCUT2D eigenvalue weighted by atomic mass is 9.66. The van der Waals surface area contributed by atoms with Gasteiger partial charge in [0.15, 0.2) is 0 Å². The fourth-order valence-electron chi connectivity index (χ4n) is 5.59. The highest BCUT2D eigenvalue weighted by atomic mass is 16.5. The van der Waals surface area contributed by atoms with Gasteiger partial charge in [-0.05, 0) is 39.5 Å². The van der Waals surface area contributed by atoms with Crippen LogP contribution in [-0.4, -0.2) is 71.2 Å². The van der Waals surface area contributed by atoms with Crippen LogP contribution in [-0.2, 0) is 19.1 Å². The molecule has 3 fully saturated rings. The molecule has 8 nitrogen and oxygen atoms in total. The topological polar surface area (TPSA) is 108 Å². The second-order valence-electron chi connectivity index (χ2n) is 8.65. The minimum absolute atomic E-state index is 0.00771. The molecule has 158 valence electrons. The third kappa shape index (κ3) is 3.01. The number of ether oxygens (including phenoxy) is 1. The van der Waals surface area contributed by atoms with Crippen LogP contribution >= 0.6 is 0 Å². The van der Waals surface area contributed by atoms with E-state index in [2.05, 4.69) is 17.6 Å². The lowest BCUT2D eigenvalue weighted by molar-refractivity contribution is -0.146. The Morgan fingerprint density at radius 3 is 2.68 bits per heavy atom. The van der Waals surface area contributed by atoms with Gasteiger partial charge in [0.05, 0.1) is 17.4 Å². The molecule has 0 saturated carbocycles. The number of nitrogens with zero attached hydrogens (tertiary/aromatic N) is 1. The smallest absolute Gasteiger partial charge is 0.246 e. The van der Waals surface area contributed by atoms with E-state index in [1.807, 2.05) is 13.8 Å². The van der Waals surface area contributed by atoms with Gasteiger partial charge < -0.3 is 25.4 Å². The van der Waals surface area contributed by atoms with Crippen LogP contribution in [0.15, 0.2) is 0 Å². The zero-order chi connectivity index (χ0) is 20.7. The molecule has 3 aliphatic heterocycles. The van der Waals surface area contributed by atoms with Crippen molar-refractivity contribution in [3.05, 3.63) is 0 Å². The number of aliphatic hydroxyl groups excluding tert-OH is 1. The molecule has 2 bridgehead atoms. The van der Waals surface area contributed by atoms with E-state index in [9.17, 15) is 19.5 Å². The van der Waals surface area contributed by atoms with Gasteiger partial charge in [0.2, 0.25) is 17.7 Å². The van der Waals surface area contributed by atoms with E-state index in [-0.39, 0.29) is 36.9 Å². The average molecular weight is 396 g/mol. The minimum atomic E-state index is -0.978. The van der Waals surface area contributed by atoms with Crippen molar-refractivity contribution in [2.24, 2.45) is 11.8 Å². The second-order valence-corrected chi connectivity index (χ2v) is 8.65. The Morgan fingerprint density at radius 1 is 1.36 bits per heavy atom. The normalized spacial score (nSPS) is 37.1. The molecule has 8 heteroatoms. The standard InChI is InChI=1S/C20H33N3O5/c1-5-7-12(2)22-17(26)15-20-9-8-19(3,28-20)13(16(25)21-4)14(20)18(27)23(15)10-6-11-24/h12-15,24H,5-11H2,1-4H3,(H,21,25)(H,22,26)/t12?,13-,14-,15?,19+,20?/m0/s1. The number of carbonyl (C=O) groups is 3. The molecule has 3 aliphatic rings. The summed E-state index contributed by atoms with van der Waals surface area (Å²) >= 11 is 0. The summed E-state index contributed by atoms with van der Waals surface area (Å²) in [5.74, 6) is -1.93. The number of rotatable bonds is 8. The summed E-state index contributed by atoms with van der Waals surface area (Å²) in [6, 6.07) is -0.779. The van der Waals surface area contributed by atoms with Crippen molar-refractivity contribution in [3.8, 4) is 0 Å². The lowest BCUT2D eigenvalue weighted by Gasteiger charge is -2.34. The van der Waals surface area contributed by atoms with E-state index < -0.39 is 29.1 Å². The first kappa shape index (κ1) is 21.0. The Labute approximate surface area is 166 Å². The molecule has 6 atom stereocenters. The molecular formula is C20H33N3O5. The quantitative estimate of drug-likeness (QED) is 0.544. The van der Waals surface area contributed by atoms with Crippen LogP contribution in [0.1, 0.15) is 52.9 Å². The number of likely N-dealkylation sites (tertiary alicyclic amines) is 1. The summed E-state index contributed by atoms with van der Waals surface area (Å²) in [6.07, 6.45) is 3.38. The minimum Gasteiger partial charge on any atom is -0.396 e. The van der Waals surface area contributed by atoms with Gasteiger partial charge in [-0.3, -0.25) is 14.4 Å². The Hall–Kier alpha value is -1.67. The van der Waals surface area contributed by atoms with Crippen molar-refractivity contribution in [2.45, 2.75) is 76.2 Å². The van der Waals surface area contributed by atoms with Crippen LogP contribution in [0.5, 0.6) is 0 Å². The number of nitrogens with one attached hydrogen (secondary N) is 2. The van der Waals surface area contributed by atoms with E-state index in [1.54, 1.807) is 7.05 Å². The Kier molecular flexibility index (Phi) is 5.74. The summed E-state index contributed by atoms with van der Waals surface area (Å²) in [4.78, 5) is 40.8. The predicted molar refractivity (Wildman–Crippen MR) is 102 cm³/mol. The highest BCUT2D eigenvalue weighted by Gasteiger charge is 2.77. The Bertz CT molecular complexity index is 656. The molecule has 3 unspecified atom stereocenters. The first-order valence-electron chi connectivity index (χ1n) is 10.4. The van der Waals surface area contributed by atoms with Gasteiger partial charge in [0, 0.05) is 26.2 Å². The molecular weight excluding hydrogens is 362 g/mol. The highest BCUT2D eigenvalue weighted by molar-refractivity contribution is 5.99. The fourth-order valence-corrected chi connectivity index (χ4v) is 5.59. The van der Waals surface area contributed by atoms with Crippen LogP contribution < -0.4 is 10.6 Å². The molecule has 3 saturated heterocycles. The summed E-state index contributed by atoms with van der Waals surface area (Å²) < 4.78 is 6.42. The average Bonchev–Trinajstić information content (AvgIpc) is 3.20. The van der Waals surface area contributed by atoms with E-state index in [0.29, 0.717) is 19.3 Å². The first-order chi connectivity index (χ1) is 13.3. The van der Waals surface area contributed by atoms with Gasteiger partial charge in [-0.1, -0.05) is 13.3 Å². The van der Waals surface area contributed by atoms with Gasteiger partial charge in [-0.15, -0.1) is 0 Å². The SMILES string of the molecule is CCCC(C)NC(=O)C1N(CCCO)C(=O)[C@@H]2[C@@H](C(=O)NC)[C@@]3(C)CCC12O3. The molecule has 3 rings (SSSR count). The molecule has 28 heavy (non-hydrogen) atoms. The van der Waals surface area contributed by atoms with Gasteiger partial charge in [-0.2, -0.15) is 0 Å². The largest absolute Gasteiger partial charge is 0.396 e. The summed E-state index contributed by atoms with van der Waals surface area (Å²) in [5, 5.41) is 15.0. The van der Waals surface area contributed by atoms with Crippen molar-refractivity contribution in [3.63, 3.8) is 0 Å². The van der Waals surface area contributed by atoms with Crippen LogP contribution in [0.25, 0.3) is 0 Å². The summed E-state index contributed by atoms with van der Waals surface area (Å²) in [7, 11) is 1.56. The number of hydrogen-bond donors (Lipinski definition) is 3. The van der Waals surface area contributed by atoms with Gasteiger partial charge in [0.1, 0.15) is 11.6 Å². The zero-order valence-corrected chi connectivity index (χ0v) is 17.3. The number of amides is 3. The van der Waals surface area contributed by atoms with Gasteiger partial charge >= 0.3 is 0 Å². The molecule has 0 aliphatic carbocycles. The molecule has 3 N–H and O–H groups in total.